The molecule has 0 amide bonds. The van der Waals surface area contributed by atoms with Gasteiger partial charge in [-0.3, -0.25) is 9.59 Å². The maximum atomic E-state index is 13.6. The highest BCUT2D eigenvalue weighted by atomic mass is 32.2. The lowest BCUT2D eigenvalue weighted by Gasteiger charge is -2.25. The van der Waals surface area contributed by atoms with Crippen molar-refractivity contribution in [3.05, 3.63) is 70.0 Å². The van der Waals surface area contributed by atoms with Crippen molar-refractivity contribution < 1.29 is 22.7 Å². The monoisotopic (exact) mass is 470 g/mol. The van der Waals surface area contributed by atoms with E-state index in [0.717, 1.165) is 18.2 Å². The molecule has 4 rings (SSSR count). The molecule has 0 aliphatic carbocycles. The van der Waals surface area contributed by atoms with Crippen LogP contribution in [0.25, 0.3) is 10.9 Å². The summed E-state index contributed by atoms with van der Waals surface area (Å²) in [5.74, 6) is 0.406. The van der Waals surface area contributed by atoms with Gasteiger partial charge in [0.2, 0.25) is 10.0 Å². The predicted molar refractivity (Wildman–Crippen MR) is 124 cm³/mol. The van der Waals surface area contributed by atoms with Crippen LogP contribution < -0.4 is 10.3 Å². The van der Waals surface area contributed by atoms with E-state index in [0.29, 0.717) is 29.0 Å². The van der Waals surface area contributed by atoms with Crippen LogP contribution in [0.3, 0.4) is 0 Å². The van der Waals surface area contributed by atoms with Gasteiger partial charge in [-0.05, 0) is 56.2 Å². The lowest BCUT2D eigenvalue weighted by molar-refractivity contribution is 0.0925. The van der Waals surface area contributed by atoms with Gasteiger partial charge < -0.3 is 14.5 Å². The van der Waals surface area contributed by atoms with Gasteiger partial charge in [0.25, 0.3) is 5.56 Å². The van der Waals surface area contributed by atoms with Crippen molar-refractivity contribution in [1.82, 2.24) is 9.29 Å². The first kappa shape index (κ1) is 23.2. The third-order valence-electron chi connectivity index (χ3n) is 5.78. The summed E-state index contributed by atoms with van der Waals surface area (Å²) in [5.41, 5.74) is 0.883. The lowest BCUT2D eigenvalue weighted by Crippen LogP contribution is -2.38. The number of rotatable bonds is 8. The molecule has 0 spiro atoms. The fourth-order valence-electron chi connectivity index (χ4n) is 3.95. The van der Waals surface area contributed by atoms with E-state index < -0.39 is 10.0 Å². The topological polar surface area (TPSA) is 106 Å². The van der Waals surface area contributed by atoms with Crippen molar-refractivity contribution in [3.8, 4) is 5.75 Å². The number of carbonyl (C=O) groups excluding carboxylic acids is 1. The minimum absolute atomic E-state index is 0.00656. The number of hydrogen-bond acceptors (Lipinski definition) is 6. The van der Waals surface area contributed by atoms with E-state index in [9.17, 15) is 18.0 Å². The molecule has 9 heteroatoms. The summed E-state index contributed by atoms with van der Waals surface area (Å²) in [6, 6.07) is 12.9. The quantitative estimate of drug-likeness (QED) is 0.507. The number of ketones is 1. The Hall–Kier alpha value is -3.01. The van der Waals surface area contributed by atoms with Crippen molar-refractivity contribution in [2.24, 2.45) is 0 Å². The minimum Gasteiger partial charge on any atom is -0.497 e. The van der Waals surface area contributed by atoms with E-state index >= 15 is 0 Å². The summed E-state index contributed by atoms with van der Waals surface area (Å²) >= 11 is 0. The molecule has 2 heterocycles. The molecule has 1 aliphatic rings. The number of fused-ring (bicyclic) bond motifs is 1. The van der Waals surface area contributed by atoms with Crippen LogP contribution >= 0.6 is 0 Å². The molecule has 0 unspecified atom stereocenters. The van der Waals surface area contributed by atoms with Crippen LogP contribution in [-0.2, 0) is 21.3 Å². The zero-order chi connectivity index (χ0) is 23.6. The second-order valence-corrected chi connectivity index (χ2v) is 10.0. The highest BCUT2D eigenvalue weighted by Crippen LogP contribution is 2.24. The van der Waals surface area contributed by atoms with Gasteiger partial charge in [-0.25, -0.2) is 8.42 Å². The number of Topliss-reactive ketones (excluding diaryl/α,β-unsaturated/α-hetero) is 1. The lowest BCUT2D eigenvalue weighted by atomic mass is 10.1. The molecular formula is C24H26N2O6S. The average Bonchev–Trinajstić information content (AvgIpc) is 3.32. The molecule has 33 heavy (non-hydrogen) atoms. The molecule has 0 radical (unpaired) electrons. The molecule has 1 fully saturated rings. The molecule has 3 aromatic rings. The van der Waals surface area contributed by atoms with Crippen LogP contribution in [0.15, 0.2) is 58.2 Å². The first-order valence-electron chi connectivity index (χ1n) is 10.7. The van der Waals surface area contributed by atoms with Crippen molar-refractivity contribution in [3.63, 3.8) is 0 Å². The molecule has 0 bridgehead atoms. The number of hydrogen-bond donors (Lipinski definition) is 1. The summed E-state index contributed by atoms with van der Waals surface area (Å²) in [6.07, 6.45) is 1.34. The fourth-order valence-corrected chi connectivity index (χ4v) is 5.45. The number of aromatic nitrogens is 1. The number of sulfonamides is 1. The van der Waals surface area contributed by atoms with Crippen LogP contribution in [-0.4, -0.2) is 49.9 Å². The van der Waals surface area contributed by atoms with Gasteiger partial charge in [-0.2, -0.15) is 4.31 Å². The normalized spacial score (nSPS) is 16.4. The highest BCUT2D eigenvalue weighted by molar-refractivity contribution is 7.89. The molecule has 1 saturated heterocycles. The van der Waals surface area contributed by atoms with Gasteiger partial charge in [0.1, 0.15) is 5.75 Å². The van der Waals surface area contributed by atoms with Crippen LogP contribution in [0.2, 0.25) is 0 Å². The number of methoxy groups -OCH3 is 1. The maximum Gasteiger partial charge on any atom is 0.252 e. The Morgan fingerprint density at radius 1 is 1.21 bits per heavy atom. The van der Waals surface area contributed by atoms with Crippen molar-refractivity contribution >= 4 is 26.7 Å². The largest absolute Gasteiger partial charge is 0.497 e. The van der Waals surface area contributed by atoms with Crippen molar-refractivity contribution in [2.75, 3.05) is 20.3 Å². The Morgan fingerprint density at radius 2 is 2.03 bits per heavy atom. The number of pyridine rings is 1. The van der Waals surface area contributed by atoms with Gasteiger partial charge in [0, 0.05) is 41.7 Å². The summed E-state index contributed by atoms with van der Waals surface area (Å²) in [5, 5.41) is 0.733. The van der Waals surface area contributed by atoms with Gasteiger partial charge in [0.05, 0.1) is 18.1 Å². The Labute approximate surface area is 192 Å². The van der Waals surface area contributed by atoms with E-state index in [4.69, 9.17) is 9.47 Å². The minimum atomic E-state index is -4.00. The Kier molecular flexibility index (Phi) is 6.64. The Balaban J connectivity index is 1.74. The number of benzene rings is 2. The number of ether oxygens (including phenoxy) is 2. The van der Waals surface area contributed by atoms with Crippen molar-refractivity contribution in [1.29, 1.82) is 0 Å². The predicted octanol–water partition coefficient (Wildman–Crippen LogP) is 3.11. The van der Waals surface area contributed by atoms with E-state index in [2.05, 4.69) is 4.98 Å². The van der Waals surface area contributed by atoms with Crippen LogP contribution in [0, 0.1) is 0 Å². The third kappa shape index (κ3) is 5.00. The summed E-state index contributed by atoms with van der Waals surface area (Å²) < 4.78 is 39.4. The molecule has 174 valence electrons. The number of carbonyl (C=O) groups is 1. The van der Waals surface area contributed by atoms with E-state index in [1.807, 2.05) is 0 Å². The smallest absolute Gasteiger partial charge is 0.252 e. The fraction of sp³-hybridized carbons (Fsp3) is 0.333. The van der Waals surface area contributed by atoms with E-state index in [1.165, 1.54) is 23.4 Å². The summed E-state index contributed by atoms with van der Waals surface area (Å²) in [7, 11) is -2.45. The zero-order valence-electron chi connectivity index (χ0n) is 18.5. The molecule has 0 saturated carbocycles. The van der Waals surface area contributed by atoms with Gasteiger partial charge in [-0.15, -0.1) is 0 Å². The number of H-pyrrole nitrogens is 1. The standard InChI is InChI=1S/C24H26N2O6S/c1-16(27)17-5-3-7-22(13-17)33(29,30)26(15-21-6-4-10-32-21)14-19-11-18-12-20(31-2)8-9-23(18)25-24(19)28/h3,5,7-9,11-13,21H,4,6,10,14-15H2,1-2H3,(H,25,28)/t21-/m0/s1. The van der Waals surface area contributed by atoms with Crippen LogP contribution in [0.1, 0.15) is 35.7 Å². The van der Waals surface area contributed by atoms with Gasteiger partial charge in [-0.1, -0.05) is 12.1 Å². The second-order valence-electron chi connectivity index (χ2n) is 8.09. The molecule has 2 aromatic carbocycles. The van der Waals surface area contributed by atoms with E-state index in [1.54, 1.807) is 43.5 Å². The summed E-state index contributed by atoms with van der Waals surface area (Å²) in [4.78, 5) is 27.4. The summed E-state index contributed by atoms with van der Waals surface area (Å²) in [6.45, 7) is 1.95. The molecule has 1 aliphatic heterocycles. The number of nitrogens with zero attached hydrogens (tertiary/aromatic N) is 1. The molecular weight excluding hydrogens is 444 g/mol. The Morgan fingerprint density at radius 3 is 2.73 bits per heavy atom. The molecule has 1 atom stereocenters. The van der Waals surface area contributed by atoms with Crippen LogP contribution in [0.4, 0.5) is 0 Å². The first-order chi connectivity index (χ1) is 15.8. The van der Waals surface area contributed by atoms with Gasteiger partial charge in [0.15, 0.2) is 5.78 Å². The first-order valence-corrected chi connectivity index (χ1v) is 12.1. The van der Waals surface area contributed by atoms with E-state index in [-0.39, 0.29) is 35.4 Å². The molecule has 8 nitrogen and oxygen atoms in total. The highest BCUT2D eigenvalue weighted by Gasteiger charge is 2.30. The maximum absolute atomic E-state index is 13.6. The van der Waals surface area contributed by atoms with Crippen molar-refractivity contribution in [2.45, 2.75) is 37.3 Å². The van der Waals surface area contributed by atoms with Gasteiger partial charge >= 0.3 is 0 Å². The number of aromatic amines is 1. The second kappa shape index (κ2) is 9.46. The Bertz CT molecular complexity index is 1340. The zero-order valence-corrected chi connectivity index (χ0v) is 19.4. The average molecular weight is 471 g/mol. The van der Waals surface area contributed by atoms with Crippen LogP contribution in [0.5, 0.6) is 5.75 Å². The molecule has 1 N–H and O–H groups in total. The SMILES string of the molecule is COc1ccc2[nH]c(=O)c(CN(C[C@@H]3CCCO3)S(=O)(=O)c3cccc(C(C)=O)c3)cc2c1. The molecule has 1 aromatic heterocycles. The number of nitrogens with one attached hydrogen (secondary N) is 1. The third-order valence-corrected chi connectivity index (χ3v) is 7.59.